The molecule has 0 saturated heterocycles. The maximum absolute atomic E-state index is 13.0. The van der Waals surface area contributed by atoms with Crippen molar-refractivity contribution in [1.29, 1.82) is 0 Å². The first kappa shape index (κ1) is 16.2. The first-order chi connectivity index (χ1) is 10.3. The second-order valence-electron chi connectivity index (χ2n) is 4.21. The van der Waals surface area contributed by atoms with Gasteiger partial charge in [-0.3, -0.25) is 4.79 Å². The molecule has 1 aromatic heterocycles. The molecule has 1 heterocycles. The van der Waals surface area contributed by atoms with Gasteiger partial charge in [-0.2, -0.15) is 15.0 Å². The minimum absolute atomic E-state index is 0.0239. The third kappa shape index (κ3) is 4.18. The molecular formula is C12H12ClFN6OS. The van der Waals surface area contributed by atoms with Gasteiger partial charge in [0, 0.05) is 0 Å². The van der Waals surface area contributed by atoms with Crippen LogP contribution in [0.5, 0.6) is 0 Å². The van der Waals surface area contributed by atoms with E-state index in [2.05, 4.69) is 20.3 Å². The molecule has 0 spiro atoms. The van der Waals surface area contributed by atoms with E-state index in [1.807, 2.05) is 0 Å². The molecule has 0 aliphatic rings. The molecule has 0 fully saturated rings. The number of carbonyl (C=O) groups excluding carboxylic acids is 1. The van der Waals surface area contributed by atoms with Crippen molar-refractivity contribution < 1.29 is 9.18 Å². The molecule has 1 aromatic carbocycles. The van der Waals surface area contributed by atoms with Gasteiger partial charge in [-0.1, -0.05) is 23.4 Å². The van der Waals surface area contributed by atoms with Crippen molar-refractivity contribution in [2.45, 2.75) is 17.3 Å². The van der Waals surface area contributed by atoms with Gasteiger partial charge < -0.3 is 16.8 Å². The topological polar surface area (TPSA) is 120 Å². The van der Waals surface area contributed by atoms with Gasteiger partial charge in [-0.05, 0) is 25.1 Å². The normalized spacial score (nSPS) is 12.0. The number of aromatic nitrogens is 3. The number of nitrogens with zero attached hydrogens (tertiary/aromatic N) is 3. The van der Waals surface area contributed by atoms with Gasteiger partial charge in [0.25, 0.3) is 0 Å². The number of rotatable bonds is 4. The van der Waals surface area contributed by atoms with Crippen LogP contribution in [0.2, 0.25) is 5.02 Å². The largest absolute Gasteiger partial charge is 0.368 e. The van der Waals surface area contributed by atoms with Crippen molar-refractivity contribution in [3.05, 3.63) is 29.0 Å². The predicted molar refractivity (Wildman–Crippen MR) is 84.0 cm³/mol. The van der Waals surface area contributed by atoms with Gasteiger partial charge in [0.1, 0.15) is 5.82 Å². The van der Waals surface area contributed by atoms with Crippen molar-refractivity contribution in [1.82, 2.24) is 15.0 Å². The van der Waals surface area contributed by atoms with Crippen LogP contribution in [0.4, 0.5) is 22.0 Å². The summed E-state index contributed by atoms with van der Waals surface area (Å²) in [5.41, 5.74) is 11.2. The van der Waals surface area contributed by atoms with E-state index in [1.54, 1.807) is 6.92 Å². The van der Waals surface area contributed by atoms with E-state index in [9.17, 15) is 9.18 Å². The Balaban J connectivity index is 2.05. The minimum Gasteiger partial charge on any atom is -0.368 e. The molecule has 2 rings (SSSR count). The summed E-state index contributed by atoms with van der Waals surface area (Å²) in [5.74, 6) is -0.883. The zero-order chi connectivity index (χ0) is 16.3. The van der Waals surface area contributed by atoms with Crippen molar-refractivity contribution in [3.63, 3.8) is 0 Å². The number of nitrogens with two attached hydrogens (primary N) is 2. The summed E-state index contributed by atoms with van der Waals surface area (Å²) in [7, 11) is 0. The van der Waals surface area contributed by atoms with Crippen molar-refractivity contribution in [2.75, 3.05) is 16.8 Å². The van der Waals surface area contributed by atoms with E-state index in [-0.39, 0.29) is 28.0 Å². The number of hydrogen-bond acceptors (Lipinski definition) is 7. The number of anilines is 3. The fourth-order valence-electron chi connectivity index (χ4n) is 1.48. The van der Waals surface area contributed by atoms with E-state index in [0.29, 0.717) is 5.69 Å². The maximum atomic E-state index is 13.0. The Morgan fingerprint density at radius 3 is 2.55 bits per heavy atom. The van der Waals surface area contributed by atoms with E-state index in [0.717, 1.165) is 17.8 Å². The van der Waals surface area contributed by atoms with Crippen LogP contribution >= 0.6 is 23.4 Å². The Morgan fingerprint density at radius 2 is 1.95 bits per heavy atom. The second-order valence-corrected chi connectivity index (χ2v) is 5.92. The highest BCUT2D eigenvalue weighted by Gasteiger charge is 2.18. The number of nitrogens with one attached hydrogen (secondary N) is 1. The smallest absolute Gasteiger partial charge is 0.237 e. The molecule has 1 atom stereocenters. The summed E-state index contributed by atoms with van der Waals surface area (Å²) in [5, 5.41) is 2.39. The summed E-state index contributed by atoms with van der Waals surface area (Å²) < 4.78 is 13.0. The predicted octanol–water partition coefficient (Wildman–Crippen LogP) is 1.95. The summed E-state index contributed by atoms with van der Waals surface area (Å²) in [6.45, 7) is 1.65. The summed E-state index contributed by atoms with van der Waals surface area (Å²) in [6.07, 6.45) is 0. The molecule has 0 aliphatic heterocycles. The Kier molecular flexibility index (Phi) is 4.99. The van der Waals surface area contributed by atoms with E-state index in [4.69, 9.17) is 23.1 Å². The molecule has 0 radical (unpaired) electrons. The van der Waals surface area contributed by atoms with Crippen molar-refractivity contribution in [2.24, 2.45) is 0 Å². The Morgan fingerprint density at radius 1 is 1.32 bits per heavy atom. The van der Waals surface area contributed by atoms with Crippen molar-refractivity contribution in [3.8, 4) is 0 Å². The van der Waals surface area contributed by atoms with Crippen LogP contribution in [0.1, 0.15) is 6.92 Å². The van der Waals surface area contributed by atoms with Gasteiger partial charge in [0.15, 0.2) is 5.16 Å². The van der Waals surface area contributed by atoms with Gasteiger partial charge in [-0.25, -0.2) is 4.39 Å². The number of hydrogen-bond donors (Lipinski definition) is 3. The highest BCUT2D eigenvalue weighted by Crippen LogP contribution is 2.25. The molecule has 2 aromatic rings. The summed E-state index contributed by atoms with van der Waals surface area (Å²) in [4.78, 5) is 23.5. The molecule has 0 aliphatic carbocycles. The summed E-state index contributed by atoms with van der Waals surface area (Å²) >= 11 is 6.91. The highest BCUT2D eigenvalue weighted by atomic mass is 35.5. The molecule has 0 saturated carbocycles. The van der Waals surface area contributed by atoms with E-state index in [1.165, 1.54) is 12.1 Å². The fraction of sp³-hybridized carbons (Fsp3) is 0.167. The molecule has 116 valence electrons. The molecule has 5 N–H and O–H groups in total. The second kappa shape index (κ2) is 6.75. The third-order valence-corrected chi connectivity index (χ3v) is 3.76. The van der Waals surface area contributed by atoms with Crippen LogP contribution in [0.15, 0.2) is 23.4 Å². The number of nitrogen functional groups attached to an aromatic ring is 2. The number of amides is 1. The number of carbonyl (C=O) groups is 1. The summed E-state index contributed by atoms with van der Waals surface area (Å²) in [6, 6.07) is 3.70. The highest BCUT2D eigenvalue weighted by molar-refractivity contribution is 8.00. The van der Waals surface area contributed by atoms with Crippen molar-refractivity contribution >= 4 is 46.9 Å². The maximum Gasteiger partial charge on any atom is 0.237 e. The molecule has 0 bridgehead atoms. The first-order valence-corrected chi connectivity index (χ1v) is 7.30. The Hall–Kier alpha value is -2.13. The van der Waals surface area contributed by atoms with E-state index < -0.39 is 11.1 Å². The molecule has 7 nitrogen and oxygen atoms in total. The lowest BCUT2D eigenvalue weighted by atomic mass is 10.3. The zero-order valence-corrected chi connectivity index (χ0v) is 13.0. The minimum atomic E-state index is -0.553. The standard InChI is InChI=1S/C12H12ClFN6OS/c1-5(22-12-19-10(15)18-11(16)20-12)9(21)17-8-3-2-6(14)4-7(8)13/h2-5H,1H3,(H,17,21)(H4,15,16,18,19,20)/t5-/m1/s1. The SMILES string of the molecule is C[C@@H](Sc1nc(N)nc(N)n1)C(=O)Nc1ccc(F)cc1Cl. The monoisotopic (exact) mass is 342 g/mol. The van der Waals surface area contributed by atoms with Gasteiger partial charge in [-0.15, -0.1) is 0 Å². The van der Waals surface area contributed by atoms with Crippen LogP contribution in [-0.4, -0.2) is 26.1 Å². The molecule has 22 heavy (non-hydrogen) atoms. The molecule has 1 amide bonds. The number of benzene rings is 1. The Bertz CT molecular complexity index is 696. The van der Waals surface area contributed by atoms with Crippen LogP contribution in [0.3, 0.4) is 0 Å². The van der Waals surface area contributed by atoms with Crippen LogP contribution in [-0.2, 0) is 4.79 Å². The average molecular weight is 343 g/mol. The average Bonchev–Trinajstić information content (AvgIpc) is 2.40. The van der Waals surface area contributed by atoms with E-state index >= 15 is 0 Å². The lowest BCUT2D eigenvalue weighted by Crippen LogP contribution is -2.23. The van der Waals surface area contributed by atoms with Gasteiger partial charge in [0.05, 0.1) is 16.0 Å². The first-order valence-electron chi connectivity index (χ1n) is 6.04. The Labute approximate surface area is 134 Å². The van der Waals surface area contributed by atoms with Crippen LogP contribution in [0.25, 0.3) is 0 Å². The molecular weight excluding hydrogens is 331 g/mol. The molecule has 0 unspecified atom stereocenters. The molecule has 10 heteroatoms. The fourth-order valence-corrected chi connectivity index (χ4v) is 2.47. The lowest BCUT2D eigenvalue weighted by Gasteiger charge is -2.12. The van der Waals surface area contributed by atoms with Gasteiger partial charge >= 0.3 is 0 Å². The van der Waals surface area contributed by atoms with Crippen LogP contribution in [0, 0.1) is 5.82 Å². The quantitative estimate of drug-likeness (QED) is 0.726. The van der Waals surface area contributed by atoms with Gasteiger partial charge in [0.2, 0.25) is 17.8 Å². The zero-order valence-electron chi connectivity index (χ0n) is 11.4. The third-order valence-electron chi connectivity index (χ3n) is 2.49. The lowest BCUT2D eigenvalue weighted by molar-refractivity contribution is -0.115. The van der Waals surface area contributed by atoms with Crippen LogP contribution < -0.4 is 16.8 Å². The number of halogens is 2. The number of thioether (sulfide) groups is 1.